The highest BCUT2D eigenvalue weighted by atomic mass is 32.2. The number of aromatic amines is 1. The maximum Gasteiger partial charge on any atom is 0.0771 e. The van der Waals surface area contributed by atoms with E-state index in [1.807, 2.05) is 0 Å². The highest BCUT2D eigenvalue weighted by molar-refractivity contribution is 8.00. The number of benzene rings is 2. The van der Waals surface area contributed by atoms with Gasteiger partial charge in [-0.25, -0.2) is 0 Å². The second-order valence-electron chi connectivity index (χ2n) is 20.1. The van der Waals surface area contributed by atoms with Crippen molar-refractivity contribution in [2.75, 3.05) is 0 Å². The van der Waals surface area contributed by atoms with Gasteiger partial charge in [-0.15, -0.1) is 11.8 Å². The third kappa shape index (κ3) is 7.39. The average molecular weight is 883 g/mol. The van der Waals surface area contributed by atoms with Gasteiger partial charge in [0.25, 0.3) is 0 Å². The summed E-state index contributed by atoms with van der Waals surface area (Å²) >= 11 is 2.06. The summed E-state index contributed by atoms with van der Waals surface area (Å²) in [6.07, 6.45) is 45.5. The van der Waals surface area contributed by atoms with Crippen LogP contribution in [0.15, 0.2) is 172 Å². The highest BCUT2D eigenvalue weighted by Crippen LogP contribution is 2.60. The molecule has 66 heavy (non-hydrogen) atoms. The molecule has 3 N–H and O–H groups in total. The number of H-pyrrole nitrogens is 1. The Morgan fingerprint density at radius 1 is 0.833 bits per heavy atom. The Hall–Kier alpha value is -5.29. The Bertz CT molecular complexity index is 2830. The summed E-state index contributed by atoms with van der Waals surface area (Å²) in [6.45, 7) is 0. The molecule has 0 amide bonds. The van der Waals surface area contributed by atoms with Crippen molar-refractivity contribution in [1.82, 2.24) is 20.5 Å². The van der Waals surface area contributed by atoms with Gasteiger partial charge >= 0.3 is 0 Å². The van der Waals surface area contributed by atoms with Crippen LogP contribution in [0, 0.1) is 29.6 Å². The van der Waals surface area contributed by atoms with Crippen LogP contribution in [0.2, 0.25) is 0 Å². The second-order valence-corrected chi connectivity index (χ2v) is 21.3. The molecule has 1 saturated heterocycles. The molecule has 1 fully saturated rings. The van der Waals surface area contributed by atoms with E-state index in [2.05, 4.69) is 178 Å². The summed E-state index contributed by atoms with van der Waals surface area (Å²) < 4.78 is 0. The maximum atomic E-state index is 5.75. The summed E-state index contributed by atoms with van der Waals surface area (Å²) in [6, 6.07) is 21.0. The van der Waals surface area contributed by atoms with Crippen molar-refractivity contribution in [2.45, 2.75) is 124 Å². The van der Waals surface area contributed by atoms with E-state index in [1.165, 1.54) is 92.3 Å². The van der Waals surface area contributed by atoms with E-state index in [0.717, 1.165) is 57.8 Å². The van der Waals surface area contributed by atoms with Gasteiger partial charge < -0.3 is 25.8 Å². The maximum absolute atomic E-state index is 5.75. The number of allylic oxidation sites excluding steroid dienone is 16. The fourth-order valence-electron chi connectivity index (χ4n) is 12.9. The average Bonchev–Trinajstić information content (AvgIpc) is 4.20. The van der Waals surface area contributed by atoms with Crippen LogP contribution in [-0.4, -0.2) is 27.5 Å². The first-order valence-electron chi connectivity index (χ1n) is 25.2. The molecular formula is C60H60N5S-. The molecule has 9 atom stereocenters. The molecule has 4 heterocycles. The van der Waals surface area contributed by atoms with Gasteiger partial charge in [-0.3, -0.25) is 0 Å². The molecular weight excluding hydrogens is 823 g/mol. The zero-order valence-corrected chi connectivity index (χ0v) is 38.7. The number of nitrogens with one attached hydrogen (secondary N) is 3. The quantitative estimate of drug-likeness (QED) is 0.156. The van der Waals surface area contributed by atoms with Crippen LogP contribution in [0.1, 0.15) is 124 Å². The third-order valence-corrected chi connectivity index (χ3v) is 17.4. The van der Waals surface area contributed by atoms with Crippen LogP contribution >= 0.6 is 11.8 Å². The fraction of sp³-hybridized carbons (Fsp3) is 0.367. The van der Waals surface area contributed by atoms with Gasteiger partial charge in [-0.1, -0.05) is 133 Å². The lowest BCUT2D eigenvalue weighted by Crippen LogP contribution is -2.57. The normalized spacial score (nSPS) is 31.8. The Morgan fingerprint density at radius 3 is 2.65 bits per heavy atom. The van der Waals surface area contributed by atoms with Crippen LogP contribution in [0.5, 0.6) is 0 Å². The summed E-state index contributed by atoms with van der Waals surface area (Å²) in [5, 5.41) is 14.3. The fourth-order valence-corrected chi connectivity index (χ4v) is 14.2. The van der Waals surface area contributed by atoms with Crippen LogP contribution in [0.25, 0.3) is 22.1 Å². The summed E-state index contributed by atoms with van der Waals surface area (Å²) in [7, 11) is 0. The Labute approximate surface area is 395 Å². The number of hydrogen-bond donors (Lipinski definition) is 3. The van der Waals surface area contributed by atoms with E-state index < -0.39 is 0 Å². The van der Waals surface area contributed by atoms with Gasteiger partial charge in [0.2, 0.25) is 0 Å². The number of nitrogens with zero attached hydrogens (tertiary/aromatic N) is 2. The van der Waals surface area contributed by atoms with Crippen molar-refractivity contribution in [1.29, 1.82) is 0 Å². The van der Waals surface area contributed by atoms with Crippen molar-refractivity contribution < 1.29 is 0 Å². The third-order valence-electron chi connectivity index (χ3n) is 16.1. The molecule has 13 rings (SSSR count). The van der Waals surface area contributed by atoms with Gasteiger partial charge in [-0.05, 0) is 152 Å². The Morgan fingerprint density at radius 2 is 1.80 bits per heavy atom. The first-order valence-corrected chi connectivity index (χ1v) is 26.1. The van der Waals surface area contributed by atoms with Gasteiger partial charge in [0.1, 0.15) is 0 Å². The Balaban J connectivity index is 0.937. The van der Waals surface area contributed by atoms with E-state index in [0.29, 0.717) is 28.9 Å². The van der Waals surface area contributed by atoms with E-state index in [-0.39, 0.29) is 24.4 Å². The molecule has 10 aliphatic rings. The topological polar surface area (TPSA) is 57.2 Å². The summed E-state index contributed by atoms with van der Waals surface area (Å²) in [4.78, 5) is 8.37. The van der Waals surface area contributed by atoms with Crippen molar-refractivity contribution in [3.63, 3.8) is 0 Å². The molecule has 0 saturated carbocycles. The smallest absolute Gasteiger partial charge is 0.0771 e. The number of aromatic nitrogens is 1. The van der Waals surface area contributed by atoms with Crippen LogP contribution in [-0.2, 0) is 0 Å². The van der Waals surface area contributed by atoms with Crippen LogP contribution in [0.3, 0.4) is 0 Å². The lowest BCUT2D eigenvalue weighted by molar-refractivity contribution is 0.293. The van der Waals surface area contributed by atoms with Crippen molar-refractivity contribution in [3.05, 3.63) is 195 Å². The predicted octanol–water partition coefficient (Wildman–Crippen LogP) is 14.1. The first-order chi connectivity index (χ1) is 32.7. The zero-order chi connectivity index (χ0) is 43.6. The molecule has 6 heteroatoms. The molecule has 1 aromatic heterocycles. The molecule has 0 bridgehead atoms. The molecule has 0 spiro atoms. The number of thioether (sulfide) groups is 1. The highest BCUT2D eigenvalue weighted by Gasteiger charge is 2.48. The molecule has 2 aromatic carbocycles. The van der Waals surface area contributed by atoms with E-state index in [1.54, 1.807) is 11.3 Å². The molecule has 9 unspecified atom stereocenters. The summed E-state index contributed by atoms with van der Waals surface area (Å²) in [5.41, 5.74) is 18.1. The largest absolute Gasteiger partial charge is 0.628 e. The number of fused-ring (bicyclic) bond motifs is 6. The van der Waals surface area contributed by atoms with Gasteiger partial charge in [0.15, 0.2) is 0 Å². The minimum Gasteiger partial charge on any atom is -0.628 e. The monoisotopic (exact) mass is 882 g/mol. The van der Waals surface area contributed by atoms with Crippen LogP contribution < -0.4 is 10.6 Å². The van der Waals surface area contributed by atoms with E-state index >= 15 is 0 Å². The predicted molar refractivity (Wildman–Crippen MR) is 272 cm³/mol. The first kappa shape index (κ1) is 40.9. The lowest BCUT2D eigenvalue weighted by Gasteiger charge is -2.53. The van der Waals surface area contributed by atoms with Gasteiger partial charge in [0.05, 0.1) is 6.17 Å². The number of hydrogen-bond acceptors (Lipinski definition) is 4. The SMILES string of the molecule is C1#CC(C2CC(c3ccccc3)=CC(c3cc(C4[N-]C(C5C=CC=CC5)NC(C5=CCCCC5)N4)c(-c4ccc5c(c4)C4C6=C(C=CC4S5)C4CCC=C4N6C4=CC=CCC4)[nH]3)C2)=CCC1. The second kappa shape index (κ2) is 17.4. The van der Waals surface area contributed by atoms with Crippen molar-refractivity contribution in [3.8, 4) is 23.1 Å². The van der Waals surface area contributed by atoms with Crippen molar-refractivity contribution in [2.24, 2.45) is 17.8 Å². The molecule has 5 nitrogen and oxygen atoms in total. The van der Waals surface area contributed by atoms with E-state index in [4.69, 9.17) is 5.32 Å². The molecule has 3 aliphatic heterocycles. The van der Waals surface area contributed by atoms with Gasteiger partial charge in [0, 0.05) is 68.4 Å². The van der Waals surface area contributed by atoms with Crippen molar-refractivity contribution >= 4 is 17.3 Å². The summed E-state index contributed by atoms with van der Waals surface area (Å²) in [5.74, 6) is 8.77. The minimum absolute atomic E-state index is 0.000430. The standard InChI is InChI=1S/C60H60N5S/c1-6-17-38(18-7-1)43-33-44(39-19-8-2-9-20-39)35-45(34-43)51-37-50(60-63-58(40-21-10-3-11-22-40)62-59(64-60)41-23-12-4-13-24-41)56(61-51)42-29-31-53-49(36-42)55-54(66-53)32-30-48-47-27-16-28-52(47)65(57(48)55)46-25-14-5-15-26-46/h1,3,5-7,10-11,14,17-19,21,23,25,28-32,34,36-37,40,44-45,47,54-55,58-62,64H,2,4,8,12-13,15-16,22,24,26-27,33,35H2/q-1. The zero-order valence-electron chi connectivity index (χ0n) is 37.9. The molecule has 332 valence electrons. The minimum atomic E-state index is -0.183. The molecule has 7 aliphatic carbocycles. The Kier molecular flexibility index (Phi) is 10.8. The lowest BCUT2D eigenvalue weighted by atomic mass is 9.75. The van der Waals surface area contributed by atoms with E-state index in [9.17, 15) is 0 Å². The van der Waals surface area contributed by atoms with Crippen LogP contribution in [0.4, 0.5) is 0 Å². The number of rotatable bonds is 8. The van der Waals surface area contributed by atoms with Gasteiger partial charge in [-0.2, -0.15) is 0 Å². The molecule has 0 radical (unpaired) electrons. The molecule has 3 aromatic rings.